The van der Waals surface area contributed by atoms with Gasteiger partial charge in [-0.15, -0.1) is 0 Å². The van der Waals surface area contributed by atoms with Crippen LogP contribution in [0, 0.1) is 0 Å². The third kappa shape index (κ3) is 2.58. The average Bonchev–Trinajstić information content (AvgIpc) is 2.03. The van der Waals surface area contributed by atoms with Crippen molar-refractivity contribution >= 4 is 31.9 Å². The van der Waals surface area contributed by atoms with Crippen LogP contribution in [0.25, 0.3) is 0 Å². The molecule has 1 unspecified atom stereocenters. The van der Waals surface area contributed by atoms with Gasteiger partial charge in [-0.1, -0.05) is 44.0 Å². The molecular weight excluding hydrogens is 270 g/mol. The SMILES string of the molecule is CNC(Br)c1cccc(Br)c1. The van der Waals surface area contributed by atoms with Crippen molar-refractivity contribution < 1.29 is 0 Å². The van der Waals surface area contributed by atoms with Crippen molar-refractivity contribution in [3.05, 3.63) is 34.3 Å². The molecule has 1 nitrogen and oxygen atoms in total. The Bertz CT molecular complexity index is 237. The van der Waals surface area contributed by atoms with Gasteiger partial charge in [0, 0.05) is 4.47 Å². The number of alkyl halides is 1. The van der Waals surface area contributed by atoms with Gasteiger partial charge in [0.15, 0.2) is 0 Å². The van der Waals surface area contributed by atoms with E-state index in [-0.39, 0.29) is 4.95 Å². The van der Waals surface area contributed by atoms with E-state index in [9.17, 15) is 0 Å². The van der Waals surface area contributed by atoms with Crippen molar-refractivity contribution in [3.63, 3.8) is 0 Å². The molecule has 0 aromatic heterocycles. The molecule has 0 aliphatic heterocycles. The molecule has 0 aliphatic carbocycles. The van der Waals surface area contributed by atoms with Gasteiger partial charge >= 0.3 is 0 Å². The summed E-state index contributed by atoms with van der Waals surface area (Å²) in [6, 6.07) is 8.18. The van der Waals surface area contributed by atoms with Gasteiger partial charge in [0.25, 0.3) is 0 Å². The standard InChI is InChI=1S/C8H9Br2N/c1-11-8(10)6-3-2-4-7(9)5-6/h2-5,8,11H,1H3. The Morgan fingerprint density at radius 3 is 2.73 bits per heavy atom. The molecule has 0 spiro atoms. The lowest BCUT2D eigenvalue weighted by atomic mass is 10.2. The first-order chi connectivity index (χ1) is 5.24. The summed E-state index contributed by atoms with van der Waals surface area (Å²) in [4.78, 5) is 0.236. The predicted molar refractivity (Wildman–Crippen MR) is 54.9 cm³/mol. The largest absolute Gasteiger partial charge is 0.304 e. The molecular formula is C8H9Br2N. The van der Waals surface area contributed by atoms with E-state index < -0.39 is 0 Å². The Balaban J connectivity index is 2.86. The fourth-order valence-corrected chi connectivity index (χ4v) is 1.53. The highest BCUT2D eigenvalue weighted by Gasteiger charge is 2.02. The molecule has 0 saturated heterocycles. The third-order valence-corrected chi connectivity index (χ3v) is 2.87. The third-order valence-electron chi connectivity index (χ3n) is 1.39. The van der Waals surface area contributed by atoms with Crippen LogP contribution in [0.2, 0.25) is 0 Å². The zero-order valence-corrected chi connectivity index (χ0v) is 9.31. The van der Waals surface area contributed by atoms with Gasteiger partial charge in [-0.2, -0.15) is 0 Å². The minimum Gasteiger partial charge on any atom is -0.304 e. The van der Waals surface area contributed by atoms with Crippen LogP contribution in [0.5, 0.6) is 0 Å². The van der Waals surface area contributed by atoms with Crippen LogP contribution >= 0.6 is 31.9 Å². The molecule has 1 aromatic rings. The van der Waals surface area contributed by atoms with Crippen LogP contribution in [0.4, 0.5) is 0 Å². The van der Waals surface area contributed by atoms with Crippen LogP contribution in [-0.4, -0.2) is 7.05 Å². The van der Waals surface area contributed by atoms with Crippen molar-refractivity contribution in [1.29, 1.82) is 0 Å². The number of benzene rings is 1. The predicted octanol–water partition coefficient (Wildman–Crippen LogP) is 3.06. The first-order valence-corrected chi connectivity index (χ1v) is 5.01. The van der Waals surface area contributed by atoms with Gasteiger partial charge < -0.3 is 5.32 Å². The first-order valence-electron chi connectivity index (χ1n) is 3.31. The summed E-state index contributed by atoms with van der Waals surface area (Å²) in [7, 11) is 1.92. The molecule has 0 aliphatic rings. The number of halogens is 2. The highest BCUT2D eigenvalue weighted by molar-refractivity contribution is 9.10. The summed E-state index contributed by atoms with van der Waals surface area (Å²) in [5.41, 5.74) is 1.22. The topological polar surface area (TPSA) is 12.0 Å². The van der Waals surface area contributed by atoms with Crippen LogP contribution in [0.1, 0.15) is 10.5 Å². The molecule has 0 radical (unpaired) electrons. The molecule has 0 bridgehead atoms. The molecule has 1 rings (SSSR count). The fraction of sp³-hybridized carbons (Fsp3) is 0.250. The van der Waals surface area contributed by atoms with Gasteiger partial charge in [0.2, 0.25) is 0 Å². The van der Waals surface area contributed by atoms with E-state index >= 15 is 0 Å². The molecule has 1 atom stereocenters. The zero-order chi connectivity index (χ0) is 8.27. The second-order valence-corrected chi connectivity index (χ2v) is 4.04. The van der Waals surface area contributed by atoms with E-state index in [1.807, 2.05) is 19.2 Å². The Labute approximate surface area is 83.4 Å². The molecule has 0 heterocycles. The van der Waals surface area contributed by atoms with Gasteiger partial charge in [0.1, 0.15) is 0 Å². The minimum absolute atomic E-state index is 0.236. The Hall–Kier alpha value is 0.140. The van der Waals surface area contributed by atoms with Crippen molar-refractivity contribution in [2.24, 2.45) is 0 Å². The Morgan fingerprint density at radius 2 is 2.18 bits per heavy atom. The summed E-state index contributed by atoms with van der Waals surface area (Å²) >= 11 is 6.90. The molecule has 0 fully saturated rings. The van der Waals surface area contributed by atoms with Crippen molar-refractivity contribution in [3.8, 4) is 0 Å². The van der Waals surface area contributed by atoms with Crippen LogP contribution in [0.3, 0.4) is 0 Å². The normalized spacial score (nSPS) is 13.0. The van der Waals surface area contributed by atoms with Crippen LogP contribution in [-0.2, 0) is 0 Å². The lowest BCUT2D eigenvalue weighted by molar-refractivity contribution is 0.808. The fourth-order valence-electron chi connectivity index (χ4n) is 0.831. The highest BCUT2D eigenvalue weighted by atomic mass is 79.9. The quantitative estimate of drug-likeness (QED) is 0.648. The van der Waals surface area contributed by atoms with E-state index in [1.54, 1.807) is 0 Å². The molecule has 0 saturated carbocycles. The summed E-state index contributed by atoms with van der Waals surface area (Å²) < 4.78 is 1.11. The molecule has 3 heteroatoms. The summed E-state index contributed by atoms with van der Waals surface area (Å²) in [6.07, 6.45) is 0. The second-order valence-electron chi connectivity index (χ2n) is 2.21. The molecule has 11 heavy (non-hydrogen) atoms. The van der Waals surface area contributed by atoms with Crippen molar-refractivity contribution in [1.82, 2.24) is 5.32 Å². The smallest absolute Gasteiger partial charge is 0.0884 e. The highest BCUT2D eigenvalue weighted by Crippen LogP contribution is 2.21. The second kappa shape index (κ2) is 4.24. The zero-order valence-electron chi connectivity index (χ0n) is 6.14. The van der Waals surface area contributed by atoms with Gasteiger partial charge in [-0.25, -0.2) is 0 Å². The number of hydrogen-bond donors (Lipinski definition) is 1. The Kier molecular flexibility index (Phi) is 3.55. The minimum atomic E-state index is 0.236. The van der Waals surface area contributed by atoms with Crippen molar-refractivity contribution in [2.75, 3.05) is 7.05 Å². The van der Waals surface area contributed by atoms with Gasteiger partial charge in [-0.3, -0.25) is 0 Å². The van der Waals surface area contributed by atoms with Gasteiger partial charge in [-0.05, 0) is 24.7 Å². The monoisotopic (exact) mass is 277 g/mol. The van der Waals surface area contributed by atoms with Gasteiger partial charge in [0.05, 0.1) is 4.95 Å². The maximum Gasteiger partial charge on any atom is 0.0884 e. The molecule has 60 valence electrons. The lowest BCUT2D eigenvalue weighted by Gasteiger charge is -2.07. The van der Waals surface area contributed by atoms with Crippen LogP contribution in [0.15, 0.2) is 28.7 Å². The molecule has 0 amide bonds. The lowest BCUT2D eigenvalue weighted by Crippen LogP contribution is -2.08. The Morgan fingerprint density at radius 1 is 1.45 bits per heavy atom. The molecule has 1 N–H and O–H groups in total. The van der Waals surface area contributed by atoms with E-state index in [2.05, 4.69) is 49.3 Å². The summed E-state index contributed by atoms with van der Waals surface area (Å²) in [6.45, 7) is 0. The maximum atomic E-state index is 3.49. The number of hydrogen-bond acceptors (Lipinski definition) is 1. The summed E-state index contributed by atoms with van der Waals surface area (Å²) in [5, 5.41) is 3.10. The molecule has 1 aromatic carbocycles. The first kappa shape index (κ1) is 9.23. The van der Waals surface area contributed by atoms with Crippen molar-refractivity contribution in [2.45, 2.75) is 4.95 Å². The average molecular weight is 279 g/mol. The van der Waals surface area contributed by atoms with E-state index in [0.29, 0.717) is 0 Å². The summed E-state index contributed by atoms with van der Waals surface area (Å²) in [5.74, 6) is 0. The van der Waals surface area contributed by atoms with E-state index in [1.165, 1.54) is 5.56 Å². The van der Waals surface area contributed by atoms with E-state index in [0.717, 1.165) is 4.47 Å². The number of nitrogens with one attached hydrogen (secondary N) is 1. The van der Waals surface area contributed by atoms with Crippen LogP contribution < -0.4 is 5.32 Å². The number of rotatable bonds is 2. The van der Waals surface area contributed by atoms with E-state index in [4.69, 9.17) is 0 Å². The maximum absolute atomic E-state index is 3.49.